The van der Waals surface area contributed by atoms with Crippen LogP contribution in [0.4, 0.5) is 0 Å². The minimum atomic E-state index is 0.0419. The number of benzene rings is 1. The van der Waals surface area contributed by atoms with Crippen molar-refractivity contribution in [3.8, 4) is 17.0 Å². The van der Waals surface area contributed by atoms with Crippen LogP contribution < -0.4 is 10.3 Å². The van der Waals surface area contributed by atoms with Crippen molar-refractivity contribution in [3.05, 3.63) is 52.3 Å². The Morgan fingerprint density at radius 1 is 1.16 bits per heavy atom. The molecule has 0 bridgehead atoms. The number of ether oxygens (including phenoxy) is 1. The predicted molar refractivity (Wildman–Crippen MR) is 80.9 cm³/mol. The molecule has 3 nitrogen and oxygen atoms in total. The molecule has 0 aliphatic heterocycles. The van der Waals surface area contributed by atoms with Gasteiger partial charge in [0.2, 0.25) is 0 Å². The molecule has 2 aromatic rings. The standard InChI is InChI=1S/C15H17NO2S/c1-11-4-9-14(16(2)15(11)17)12-5-7-13(8-6-12)18-10-19-3/h4-9H,10H2,1-3H3. The van der Waals surface area contributed by atoms with Crippen LogP contribution in [0, 0.1) is 6.92 Å². The number of pyridine rings is 1. The summed E-state index contributed by atoms with van der Waals surface area (Å²) in [5.74, 6) is 1.48. The van der Waals surface area contributed by atoms with Crippen LogP contribution in [0.2, 0.25) is 0 Å². The molecule has 0 spiro atoms. The minimum Gasteiger partial charge on any atom is -0.483 e. The third kappa shape index (κ3) is 3.01. The van der Waals surface area contributed by atoms with Crippen LogP contribution >= 0.6 is 11.8 Å². The fourth-order valence-electron chi connectivity index (χ4n) is 1.90. The van der Waals surface area contributed by atoms with Crippen molar-refractivity contribution in [1.82, 2.24) is 4.57 Å². The third-order valence-corrected chi connectivity index (χ3v) is 3.34. The van der Waals surface area contributed by atoms with Crippen molar-refractivity contribution >= 4 is 11.8 Å². The molecule has 0 saturated heterocycles. The molecule has 19 heavy (non-hydrogen) atoms. The molecule has 1 aromatic carbocycles. The van der Waals surface area contributed by atoms with Gasteiger partial charge in [0, 0.05) is 12.6 Å². The van der Waals surface area contributed by atoms with Crippen LogP contribution in [0.3, 0.4) is 0 Å². The minimum absolute atomic E-state index is 0.0419. The summed E-state index contributed by atoms with van der Waals surface area (Å²) in [6.07, 6.45) is 2.00. The summed E-state index contributed by atoms with van der Waals surface area (Å²) in [6, 6.07) is 11.6. The van der Waals surface area contributed by atoms with Gasteiger partial charge in [0.25, 0.3) is 5.56 Å². The fraction of sp³-hybridized carbons (Fsp3) is 0.267. The lowest BCUT2D eigenvalue weighted by atomic mass is 10.1. The zero-order chi connectivity index (χ0) is 13.8. The largest absolute Gasteiger partial charge is 0.483 e. The van der Waals surface area contributed by atoms with E-state index in [0.717, 1.165) is 22.6 Å². The molecule has 100 valence electrons. The van der Waals surface area contributed by atoms with Crippen LogP contribution in [-0.4, -0.2) is 16.8 Å². The van der Waals surface area contributed by atoms with E-state index in [1.165, 1.54) is 0 Å². The maximum absolute atomic E-state index is 11.9. The van der Waals surface area contributed by atoms with Crippen molar-refractivity contribution in [2.75, 3.05) is 12.2 Å². The first-order valence-electron chi connectivity index (χ1n) is 6.02. The van der Waals surface area contributed by atoms with E-state index in [4.69, 9.17) is 4.74 Å². The van der Waals surface area contributed by atoms with E-state index in [0.29, 0.717) is 5.94 Å². The van der Waals surface area contributed by atoms with Gasteiger partial charge in [-0.05, 0) is 49.1 Å². The maximum Gasteiger partial charge on any atom is 0.253 e. The average molecular weight is 275 g/mol. The van der Waals surface area contributed by atoms with Crippen LogP contribution in [0.5, 0.6) is 5.75 Å². The van der Waals surface area contributed by atoms with E-state index in [1.807, 2.05) is 49.6 Å². The molecule has 4 heteroatoms. The molecule has 0 radical (unpaired) electrons. The van der Waals surface area contributed by atoms with Gasteiger partial charge in [-0.3, -0.25) is 4.79 Å². The zero-order valence-corrected chi connectivity index (χ0v) is 12.2. The lowest BCUT2D eigenvalue weighted by molar-refractivity contribution is 0.393. The lowest BCUT2D eigenvalue weighted by Gasteiger charge is -2.10. The van der Waals surface area contributed by atoms with Crippen molar-refractivity contribution < 1.29 is 4.74 Å². The van der Waals surface area contributed by atoms with Crippen LogP contribution in [0.15, 0.2) is 41.2 Å². The number of thioether (sulfide) groups is 1. The second-order valence-electron chi connectivity index (χ2n) is 4.34. The summed E-state index contributed by atoms with van der Waals surface area (Å²) in [5, 5.41) is 0. The van der Waals surface area contributed by atoms with Crippen molar-refractivity contribution in [3.63, 3.8) is 0 Å². The van der Waals surface area contributed by atoms with E-state index < -0.39 is 0 Å². The van der Waals surface area contributed by atoms with Crippen LogP contribution in [0.1, 0.15) is 5.56 Å². The predicted octanol–water partition coefficient (Wildman–Crippen LogP) is 3.06. The molecule has 0 aliphatic rings. The SMILES string of the molecule is CSCOc1ccc(-c2ccc(C)c(=O)n2C)cc1. The average Bonchev–Trinajstić information content (AvgIpc) is 2.44. The second kappa shape index (κ2) is 5.97. The molecule has 0 fully saturated rings. The number of aryl methyl sites for hydroxylation is 1. The Morgan fingerprint density at radius 3 is 2.47 bits per heavy atom. The van der Waals surface area contributed by atoms with E-state index >= 15 is 0 Å². The number of nitrogens with zero attached hydrogens (tertiary/aromatic N) is 1. The number of hydrogen-bond donors (Lipinski definition) is 0. The number of aromatic nitrogens is 1. The monoisotopic (exact) mass is 275 g/mol. The van der Waals surface area contributed by atoms with E-state index in [9.17, 15) is 4.79 Å². The summed E-state index contributed by atoms with van der Waals surface area (Å²) in [6.45, 7) is 1.82. The highest BCUT2D eigenvalue weighted by Crippen LogP contribution is 2.21. The van der Waals surface area contributed by atoms with Gasteiger partial charge in [0.1, 0.15) is 11.7 Å². The molecule has 0 atom stereocenters. The molecular weight excluding hydrogens is 258 g/mol. The molecule has 0 N–H and O–H groups in total. The van der Waals surface area contributed by atoms with Gasteiger partial charge in [-0.1, -0.05) is 6.07 Å². The molecule has 2 rings (SSSR count). The van der Waals surface area contributed by atoms with Crippen molar-refractivity contribution in [2.45, 2.75) is 6.92 Å². The van der Waals surface area contributed by atoms with Crippen LogP contribution in [0.25, 0.3) is 11.3 Å². The summed E-state index contributed by atoms with van der Waals surface area (Å²) in [4.78, 5) is 11.9. The summed E-state index contributed by atoms with van der Waals surface area (Å²) >= 11 is 1.64. The van der Waals surface area contributed by atoms with Gasteiger partial charge < -0.3 is 9.30 Å². The molecular formula is C15H17NO2S. The first-order valence-corrected chi connectivity index (χ1v) is 7.41. The Bertz CT molecular complexity index is 617. The summed E-state index contributed by atoms with van der Waals surface area (Å²) in [7, 11) is 1.79. The Morgan fingerprint density at radius 2 is 1.84 bits per heavy atom. The summed E-state index contributed by atoms with van der Waals surface area (Å²) < 4.78 is 7.19. The Labute approximate surface area is 117 Å². The Balaban J connectivity index is 2.32. The first kappa shape index (κ1) is 13.7. The Hall–Kier alpha value is -1.68. The van der Waals surface area contributed by atoms with Gasteiger partial charge in [-0.15, -0.1) is 11.8 Å². The second-order valence-corrected chi connectivity index (χ2v) is 5.15. The summed E-state index contributed by atoms with van der Waals surface area (Å²) in [5.41, 5.74) is 2.72. The van der Waals surface area contributed by atoms with Crippen molar-refractivity contribution in [1.29, 1.82) is 0 Å². The number of rotatable bonds is 4. The maximum atomic E-state index is 11.9. The quantitative estimate of drug-likeness (QED) is 0.804. The van der Waals surface area contributed by atoms with Gasteiger partial charge in [0.15, 0.2) is 0 Å². The van der Waals surface area contributed by atoms with Gasteiger partial charge in [-0.25, -0.2) is 0 Å². The molecule has 0 aliphatic carbocycles. The molecule has 0 amide bonds. The molecule has 0 saturated carbocycles. The van der Waals surface area contributed by atoms with Crippen molar-refractivity contribution in [2.24, 2.45) is 7.05 Å². The van der Waals surface area contributed by atoms with Gasteiger partial charge in [0.05, 0.1) is 5.69 Å². The number of hydrogen-bond acceptors (Lipinski definition) is 3. The highest BCUT2D eigenvalue weighted by Gasteiger charge is 2.05. The van der Waals surface area contributed by atoms with Crippen LogP contribution in [-0.2, 0) is 7.05 Å². The zero-order valence-electron chi connectivity index (χ0n) is 11.3. The lowest BCUT2D eigenvalue weighted by Crippen LogP contribution is -2.20. The normalized spacial score (nSPS) is 10.5. The Kier molecular flexibility index (Phi) is 4.32. The first-order chi connectivity index (χ1) is 9.13. The van der Waals surface area contributed by atoms with Gasteiger partial charge >= 0.3 is 0 Å². The topological polar surface area (TPSA) is 31.2 Å². The van der Waals surface area contributed by atoms with Gasteiger partial charge in [-0.2, -0.15) is 0 Å². The fourth-order valence-corrected chi connectivity index (χ4v) is 2.15. The smallest absolute Gasteiger partial charge is 0.253 e. The molecule has 0 unspecified atom stereocenters. The highest BCUT2D eigenvalue weighted by atomic mass is 32.2. The van der Waals surface area contributed by atoms with E-state index in [-0.39, 0.29) is 5.56 Å². The van der Waals surface area contributed by atoms with E-state index in [2.05, 4.69) is 0 Å². The molecule has 1 aromatic heterocycles. The third-order valence-electron chi connectivity index (χ3n) is 2.99. The highest BCUT2D eigenvalue weighted by molar-refractivity contribution is 7.98. The molecule has 1 heterocycles. The van der Waals surface area contributed by atoms with E-state index in [1.54, 1.807) is 23.4 Å².